The maximum Gasteiger partial charge on any atom is 0.248 e. The van der Waals surface area contributed by atoms with Crippen LogP contribution < -0.4 is 5.73 Å². The van der Waals surface area contributed by atoms with E-state index in [0.717, 1.165) is 18.4 Å². The predicted octanol–water partition coefficient (Wildman–Crippen LogP) is 1.75. The van der Waals surface area contributed by atoms with E-state index >= 15 is 0 Å². The van der Waals surface area contributed by atoms with Crippen molar-refractivity contribution in [3.8, 4) is 0 Å². The Balaban J connectivity index is 2.05. The van der Waals surface area contributed by atoms with E-state index in [1.54, 1.807) is 15.6 Å². The van der Waals surface area contributed by atoms with Gasteiger partial charge in [-0.3, -0.25) is 5.10 Å². The number of sulfonamides is 1. The third-order valence-corrected chi connectivity index (χ3v) is 6.58. The number of nitrogen functional groups attached to an aromatic ring is 1. The third-order valence-electron chi connectivity index (χ3n) is 3.65. The zero-order chi connectivity index (χ0) is 14.3. The van der Waals surface area contributed by atoms with Crippen LogP contribution in [0.25, 0.3) is 0 Å². The van der Waals surface area contributed by atoms with Crippen molar-refractivity contribution in [3.63, 3.8) is 0 Å². The van der Waals surface area contributed by atoms with E-state index in [1.165, 1.54) is 11.1 Å². The molecule has 0 bridgehead atoms. The van der Waals surface area contributed by atoms with Gasteiger partial charge in [-0.15, -0.1) is 11.3 Å². The lowest BCUT2D eigenvalue weighted by Crippen LogP contribution is -2.39. The predicted molar refractivity (Wildman–Crippen MR) is 77.9 cm³/mol. The molecule has 3 N–H and O–H groups in total. The normalized spacial score (nSPS) is 19.9. The van der Waals surface area contributed by atoms with Crippen molar-refractivity contribution in [2.75, 3.05) is 12.3 Å². The number of nitrogens with one attached hydrogen (secondary N) is 1. The van der Waals surface area contributed by atoms with Crippen LogP contribution >= 0.6 is 11.3 Å². The van der Waals surface area contributed by atoms with Gasteiger partial charge < -0.3 is 5.73 Å². The van der Waals surface area contributed by atoms with E-state index in [9.17, 15) is 8.42 Å². The lowest BCUT2D eigenvalue weighted by molar-refractivity contribution is 0.303. The highest BCUT2D eigenvalue weighted by atomic mass is 32.2. The van der Waals surface area contributed by atoms with Crippen LogP contribution in [0.4, 0.5) is 5.82 Å². The number of aromatic nitrogens is 2. The Bertz CT molecular complexity index is 719. The van der Waals surface area contributed by atoms with Crippen LogP contribution in [0.2, 0.25) is 0 Å². The molecule has 0 saturated carbocycles. The molecule has 1 unspecified atom stereocenters. The van der Waals surface area contributed by atoms with Crippen molar-refractivity contribution in [2.45, 2.75) is 30.7 Å². The van der Waals surface area contributed by atoms with Gasteiger partial charge in [0.2, 0.25) is 10.0 Å². The first-order valence-electron chi connectivity index (χ1n) is 6.42. The number of aromatic amines is 1. The highest BCUT2D eigenvalue weighted by molar-refractivity contribution is 7.89. The van der Waals surface area contributed by atoms with Gasteiger partial charge in [0.25, 0.3) is 0 Å². The van der Waals surface area contributed by atoms with E-state index in [2.05, 4.69) is 10.2 Å². The second-order valence-electron chi connectivity index (χ2n) is 4.74. The Morgan fingerprint density at radius 1 is 1.60 bits per heavy atom. The van der Waals surface area contributed by atoms with Gasteiger partial charge in [-0.05, 0) is 29.9 Å². The summed E-state index contributed by atoms with van der Waals surface area (Å²) in [6.07, 6.45) is 2.77. The zero-order valence-electron chi connectivity index (χ0n) is 11.0. The van der Waals surface area contributed by atoms with Crippen molar-refractivity contribution in [3.05, 3.63) is 28.1 Å². The summed E-state index contributed by atoms with van der Waals surface area (Å²) in [7, 11) is -3.61. The topological polar surface area (TPSA) is 92.1 Å². The van der Waals surface area contributed by atoms with Crippen LogP contribution in [-0.4, -0.2) is 29.5 Å². The number of hydrogen-bond acceptors (Lipinski definition) is 5. The van der Waals surface area contributed by atoms with Gasteiger partial charge >= 0.3 is 0 Å². The Morgan fingerprint density at radius 3 is 3.05 bits per heavy atom. The fraction of sp³-hybridized carbons (Fsp3) is 0.417. The molecule has 0 fully saturated rings. The molecule has 2 aromatic heterocycles. The smallest absolute Gasteiger partial charge is 0.248 e. The standard InChI is InChI=1S/C12H16N4O2S2/c1-2-9-8-4-6-19-10(8)3-5-16(9)20(17,18)11-7-14-15-12(11)13/h4,6-7,9H,2-3,5H2,1H3,(H3,13,14,15). The number of thiophene rings is 1. The molecule has 0 amide bonds. The van der Waals surface area contributed by atoms with Crippen molar-refractivity contribution in [1.29, 1.82) is 0 Å². The van der Waals surface area contributed by atoms with Gasteiger partial charge in [0.05, 0.1) is 12.2 Å². The number of H-pyrrole nitrogens is 1. The Kier molecular flexibility index (Phi) is 3.31. The Labute approximate surface area is 121 Å². The quantitative estimate of drug-likeness (QED) is 0.903. The number of hydrogen-bond donors (Lipinski definition) is 2. The second kappa shape index (κ2) is 4.87. The molecule has 0 radical (unpaired) electrons. The molecule has 2 aromatic rings. The summed E-state index contributed by atoms with van der Waals surface area (Å²) < 4.78 is 27.1. The highest BCUT2D eigenvalue weighted by Crippen LogP contribution is 2.38. The lowest BCUT2D eigenvalue weighted by atomic mass is 10.0. The SMILES string of the molecule is CCC1c2ccsc2CCN1S(=O)(=O)c1cn[nH]c1N. The molecule has 8 heteroatoms. The van der Waals surface area contributed by atoms with E-state index in [1.807, 2.05) is 18.4 Å². The van der Waals surface area contributed by atoms with Crippen molar-refractivity contribution in [2.24, 2.45) is 0 Å². The van der Waals surface area contributed by atoms with Gasteiger partial charge in [-0.2, -0.15) is 9.40 Å². The molecule has 6 nitrogen and oxygen atoms in total. The summed E-state index contributed by atoms with van der Waals surface area (Å²) in [5, 5.41) is 8.22. The van der Waals surface area contributed by atoms with Crippen molar-refractivity contribution >= 4 is 27.2 Å². The summed E-state index contributed by atoms with van der Waals surface area (Å²) in [6, 6.07) is 1.90. The molecular formula is C12H16N4O2S2. The minimum Gasteiger partial charge on any atom is -0.383 e. The molecule has 1 aliphatic rings. The summed E-state index contributed by atoms with van der Waals surface area (Å²) in [5.41, 5.74) is 6.79. The second-order valence-corrected chi connectivity index (χ2v) is 7.60. The largest absolute Gasteiger partial charge is 0.383 e. The highest BCUT2D eigenvalue weighted by Gasteiger charge is 2.37. The minimum atomic E-state index is -3.61. The minimum absolute atomic E-state index is 0.0645. The van der Waals surface area contributed by atoms with Crippen LogP contribution in [-0.2, 0) is 16.4 Å². The molecule has 1 atom stereocenters. The zero-order valence-corrected chi connectivity index (χ0v) is 12.7. The van der Waals surface area contributed by atoms with Crippen molar-refractivity contribution < 1.29 is 8.42 Å². The Morgan fingerprint density at radius 2 is 2.40 bits per heavy atom. The van der Waals surface area contributed by atoms with Gasteiger partial charge in [-0.25, -0.2) is 8.42 Å². The first kappa shape index (κ1) is 13.6. The fourth-order valence-electron chi connectivity index (χ4n) is 2.70. The lowest BCUT2D eigenvalue weighted by Gasteiger charge is -2.34. The van der Waals surface area contributed by atoms with Crippen LogP contribution in [0.1, 0.15) is 29.8 Å². The summed E-state index contributed by atoms with van der Waals surface area (Å²) in [4.78, 5) is 1.35. The molecule has 0 aliphatic carbocycles. The maximum atomic E-state index is 12.8. The summed E-state index contributed by atoms with van der Waals surface area (Å²) in [6.45, 7) is 2.48. The third kappa shape index (κ3) is 1.95. The van der Waals surface area contributed by atoms with Crippen LogP contribution in [0, 0.1) is 0 Å². The van der Waals surface area contributed by atoms with Crippen LogP contribution in [0.15, 0.2) is 22.5 Å². The molecule has 0 spiro atoms. The van der Waals surface area contributed by atoms with Gasteiger partial charge in [0.1, 0.15) is 10.7 Å². The average molecular weight is 312 g/mol. The first-order chi connectivity index (χ1) is 9.55. The molecule has 108 valence electrons. The number of nitrogens with two attached hydrogens (primary N) is 1. The van der Waals surface area contributed by atoms with Crippen molar-refractivity contribution in [1.82, 2.24) is 14.5 Å². The van der Waals surface area contributed by atoms with E-state index in [0.29, 0.717) is 6.54 Å². The van der Waals surface area contributed by atoms with Crippen LogP contribution in [0.5, 0.6) is 0 Å². The molecule has 0 saturated heterocycles. The summed E-state index contributed by atoms with van der Waals surface area (Å²) >= 11 is 1.69. The molecule has 3 heterocycles. The molecule has 1 aliphatic heterocycles. The van der Waals surface area contributed by atoms with E-state index in [-0.39, 0.29) is 16.8 Å². The van der Waals surface area contributed by atoms with E-state index < -0.39 is 10.0 Å². The van der Waals surface area contributed by atoms with E-state index in [4.69, 9.17) is 5.73 Å². The van der Waals surface area contributed by atoms with Crippen LogP contribution in [0.3, 0.4) is 0 Å². The molecule has 20 heavy (non-hydrogen) atoms. The van der Waals surface area contributed by atoms with Gasteiger partial charge in [0.15, 0.2) is 0 Å². The molecule has 0 aromatic carbocycles. The monoisotopic (exact) mass is 312 g/mol. The number of anilines is 1. The number of rotatable bonds is 3. The molecular weight excluding hydrogens is 296 g/mol. The summed E-state index contributed by atoms with van der Waals surface area (Å²) in [5.74, 6) is 0.0935. The number of nitrogens with zero attached hydrogens (tertiary/aromatic N) is 2. The maximum absolute atomic E-state index is 12.8. The number of fused-ring (bicyclic) bond motifs is 1. The fourth-order valence-corrected chi connectivity index (χ4v) is 5.32. The van der Waals surface area contributed by atoms with Gasteiger partial charge in [0, 0.05) is 11.4 Å². The molecule has 3 rings (SSSR count). The average Bonchev–Trinajstić information content (AvgIpc) is 3.05. The van der Waals surface area contributed by atoms with Gasteiger partial charge in [-0.1, -0.05) is 6.92 Å². The Hall–Kier alpha value is -1.38. The first-order valence-corrected chi connectivity index (χ1v) is 8.74.